The zero-order valence-corrected chi connectivity index (χ0v) is 7.85. The summed E-state index contributed by atoms with van der Waals surface area (Å²) in [5.74, 6) is 0. The summed E-state index contributed by atoms with van der Waals surface area (Å²) in [4.78, 5) is 0. The second-order valence-corrected chi connectivity index (χ2v) is 1.26. The number of hydrogen-bond acceptors (Lipinski definition) is 1. The standard InChI is InChI=1S/C4H10O.K.H/c1-3-4(2)5;;/h4-5H,3H2,1-2H3;;/q;+1;-1/t4-;;/m0../s1. The molecule has 0 aliphatic carbocycles. The normalized spacial score (nSPS) is 12.5. The van der Waals surface area contributed by atoms with Crippen LogP contribution in [0.2, 0.25) is 0 Å². The molecule has 0 heterocycles. The van der Waals surface area contributed by atoms with Gasteiger partial charge in [-0.2, -0.15) is 0 Å². The van der Waals surface area contributed by atoms with Crippen molar-refractivity contribution in [2.75, 3.05) is 0 Å². The summed E-state index contributed by atoms with van der Waals surface area (Å²) in [7, 11) is 0. The van der Waals surface area contributed by atoms with Gasteiger partial charge in [-0.25, -0.2) is 0 Å². The van der Waals surface area contributed by atoms with Crippen LogP contribution in [-0.2, 0) is 0 Å². The van der Waals surface area contributed by atoms with Crippen molar-refractivity contribution < 1.29 is 57.9 Å². The van der Waals surface area contributed by atoms with Crippen molar-refractivity contribution in [1.82, 2.24) is 0 Å². The van der Waals surface area contributed by atoms with Crippen LogP contribution >= 0.6 is 0 Å². The molecule has 0 aromatic carbocycles. The Hall–Kier alpha value is 1.60. The molecule has 2 heteroatoms. The molecule has 0 aliphatic rings. The third-order valence-corrected chi connectivity index (χ3v) is 0.591. The van der Waals surface area contributed by atoms with E-state index < -0.39 is 0 Å². The van der Waals surface area contributed by atoms with Gasteiger partial charge in [-0.15, -0.1) is 0 Å². The van der Waals surface area contributed by atoms with E-state index in [1.54, 1.807) is 6.92 Å². The molecule has 0 radical (unpaired) electrons. The van der Waals surface area contributed by atoms with Crippen LogP contribution in [0.3, 0.4) is 0 Å². The van der Waals surface area contributed by atoms with Crippen LogP contribution in [0, 0.1) is 0 Å². The van der Waals surface area contributed by atoms with E-state index in [0.29, 0.717) is 0 Å². The Balaban J connectivity index is -0.0000000800. The van der Waals surface area contributed by atoms with Gasteiger partial charge in [0.25, 0.3) is 0 Å². The summed E-state index contributed by atoms with van der Waals surface area (Å²) in [6, 6.07) is 0. The van der Waals surface area contributed by atoms with Crippen molar-refractivity contribution in [1.29, 1.82) is 0 Å². The Morgan fingerprint density at radius 3 is 2.00 bits per heavy atom. The monoisotopic (exact) mass is 114 g/mol. The molecule has 1 nitrogen and oxygen atoms in total. The third-order valence-electron chi connectivity index (χ3n) is 0.591. The van der Waals surface area contributed by atoms with Crippen LogP contribution in [0.1, 0.15) is 21.7 Å². The molecule has 0 bridgehead atoms. The maximum Gasteiger partial charge on any atom is 1.00 e. The predicted molar refractivity (Wildman–Crippen MR) is 23.1 cm³/mol. The van der Waals surface area contributed by atoms with E-state index in [9.17, 15) is 0 Å². The zero-order valence-electron chi connectivity index (χ0n) is 5.73. The second-order valence-electron chi connectivity index (χ2n) is 1.26. The minimum Gasteiger partial charge on any atom is -1.00 e. The molecule has 0 aromatic rings. The number of aliphatic hydroxyl groups is 1. The zero-order chi connectivity index (χ0) is 4.28. The van der Waals surface area contributed by atoms with Crippen molar-refractivity contribution in [3.8, 4) is 0 Å². The van der Waals surface area contributed by atoms with Crippen molar-refractivity contribution >= 4 is 0 Å². The SMILES string of the molecule is CC[C@H](C)O.[H-].[K+]. The van der Waals surface area contributed by atoms with E-state index in [1.165, 1.54) is 0 Å². The molecule has 0 saturated carbocycles. The van der Waals surface area contributed by atoms with E-state index in [-0.39, 0.29) is 58.9 Å². The fraction of sp³-hybridized carbons (Fsp3) is 1.00. The van der Waals surface area contributed by atoms with E-state index in [2.05, 4.69) is 0 Å². The molecule has 0 amide bonds. The van der Waals surface area contributed by atoms with Gasteiger partial charge in [0, 0.05) is 0 Å². The number of rotatable bonds is 1. The average molecular weight is 114 g/mol. The first-order valence-electron chi connectivity index (χ1n) is 1.95. The summed E-state index contributed by atoms with van der Waals surface area (Å²) < 4.78 is 0. The van der Waals surface area contributed by atoms with Gasteiger partial charge < -0.3 is 6.53 Å². The maximum atomic E-state index is 8.36. The molecule has 34 valence electrons. The molecular formula is C4H11KO. The van der Waals surface area contributed by atoms with E-state index in [0.717, 1.165) is 6.42 Å². The molecule has 6 heavy (non-hydrogen) atoms. The second kappa shape index (κ2) is 6.60. The van der Waals surface area contributed by atoms with Crippen LogP contribution < -0.4 is 51.4 Å². The average Bonchev–Trinajstić information content (AvgIpc) is 1.38. The predicted octanol–water partition coefficient (Wildman–Crippen LogP) is -2.11. The van der Waals surface area contributed by atoms with Gasteiger partial charge in [0.2, 0.25) is 0 Å². The molecule has 0 aliphatic heterocycles. The molecule has 0 fully saturated rings. The summed E-state index contributed by atoms with van der Waals surface area (Å²) >= 11 is 0. The molecule has 0 unspecified atom stereocenters. The molecule has 0 rings (SSSR count). The maximum absolute atomic E-state index is 8.36. The Labute approximate surface area is 83.0 Å². The Morgan fingerprint density at radius 1 is 1.83 bits per heavy atom. The first-order chi connectivity index (χ1) is 2.27. The summed E-state index contributed by atoms with van der Waals surface area (Å²) in [6.07, 6.45) is 0.745. The van der Waals surface area contributed by atoms with Crippen LogP contribution in [0.25, 0.3) is 0 Å². The molecule has 0 saturated heterocycles. The van der Waals surface area contributed by atoms with Crippen LogP contribution in [0.4, 0.5) is 0 Å². The van der Waals surface area contributed by atoms with Crippen molar-refractivity contribution in [2.45, 2.75) is 26.4 Å². The summed E-state index contributed by atoms with van der Waals surface area (Å²) in [5.41, 5.74) is 0. The van der Waals surface area contributed by atoms with Gasteiger partial charge in [0.05, 0.1) is 6.10 Å². The Morgan fingerprint density at radius 2 is 2.00 bits per heavy atom. The van der Waals surface area contributed by atoms with Gasteiger partial charge in [-0.05, 0) is 13.3 Å². The third kappa shape index (κ3) is 9.14. The van der Waals surface area contributed by atoms with E-state index in [1.807, 2.05) is 6.92 Å². The number of hydrogen-bond donors (Lipinski definition) is 1. The first-order valence-corrected chi connectivity index (χ1v) is 1.95. The van der Waals surface area contributed by atoms with Gasteiger partial charge in [-0.1, -0.05) is 6.92 Å². The topological polar surface area (TPSA) is 20.2 Å². The van der Waals surface area contributed by atoms with E-state index in [4.69, 9.17) is 5.11 Å². The van der Waals surface area contributed by atoms with Crippen molar-refractivity contribution in [3.05, 3.63) is 0 Å². The van der Waals surface area contributed by atoms with E-state index >= 15 is 0 Å². The number of aliphatic hydroxyl groups excluding tert-OH is 1. The first kappa shape index (κ1) is 10.6. The summed E-state index contributed by atoms with van der Waals surface area (Å²) in [6.45, 7) is 3.73. The van der Waals surface area contributed by atoms with Crippen molar-refractivity contribution in [3.63, 3.8) is 0 Å². The minimum absolute atomic E-state index is 0. The quantitative estimate of drug-likeness (QED) is 0.387. The van der Waals surface area contributed by atoms with Crippen LogP contribution in [0.15, 0.2) is 0 Å². The van der Waals surface area contributed by atoms with Gasteiger partial charge in [0.1, 0.15) is 0 Å². The molecule has 1 N–H and O–H groups in total. The molecule has 0 aromatic heterocycles. The van der Waals surface area contributed by atoms with Crippen molar-refractivity contribution in [2.24, 2.45) is 0 Å². The van der Waals surface area contributed by atoms with Gasteiger partial charge >= 0.3 is 51.4 Å². The van der Waals surface area contributed by atoms with Gasteiger partial charge in [0.15, 0.2) is 0 Å². The smallest absolute Gasteiger partial charge is 1.00 e. The van der Waals surface area contributed by atoms with Crippen LogP contribution in [-0.4, -0.2) is 11.2 Å². The fourth-order valence-corrected chi connectivity index (χ4v) is 0. The van der Waals surface area contributed by atoms with Gasteiger partial charge in [-0.3, -0.25) is 0 Å². The van der Waals surface area contributed by atoms with Crippen LogP contribution in [0.5, 0.6) is 0 Å². The Bertz CT molecular complexity index is 25.7. The fourth-order valence-electron chi connectivity index (χ4n) is 0. The minimum atomic E-state index is -0.116. The largest absolute Gasteiger partial charge is 1.00 e. The molecular weight excluding hydrogens is 103 g/mol. The Kier molecular flexibility index (Phi) is 11.6. The molecule has 0 spiro atoms. The summed E-state index contributed by atoms with van der Waals surface area (Å²) in [5, 5.41) is 8.36. The molecule has 1 atom stereocenters.